The van der Waals surface area contributed by atoms with Gasteiger partial charge in [0.2, 0.25) is 0 Å². The SMILES string of the molecule is OC1=C(C(F)(F)F)C1c1ccc2c(ccc3c4ccccc4[nH]c23)c1. The van der Waals surface area contributed by atoms with E-state index in [2.05, 4.69) is 4.98 Å². The Morgan fingerprint density at radius 1 is 0.880 bits per heavy atom. The summed E-state index contributed by atoms with van der Waals surface area (Å²) in [5.74, 6) is -1.60. The van der Waals surface area contributed by atoms with Gasteiger partial charge in [-0.2, -0.15) is 13.2 Å². The number of H-pyrrole nitrogens is 1. The highest BCUT2D eigenvalue weighted by atomic mass is 19.4. The number of aromatic nitrogens is 1. The second-order valence-electron chi connectivity index (χ2n) is 6.37. The van der Waals surface area contributed by atoms with Crippen LogP contribution < -0.4 is 0 Å². The van der Waals surface area contributed by atoms with Gasteiger partial charge in [-0.1, -0.05) is 48.5 Å². The van der Waals surface area contributed by atoms with Crippen LogP contribution in [-0.4, -0.2) is 16.3 Å². The molecule has 0 saturated carbocycles. The number of hydrogen-bond donors (Lipinski definition) is 2. The fourth-order valence-corrected chi connectivity index (χ4v) is 3.69. The van der Waals surface area contributed by atoms with Crippen molar-refractivity contribution in [3.8, 4) is 0 Å². The van der Waals surface area contributed by atoms with Gasteiger partial charge in [0.15, 0.2) is 0 Å². The number of nitrogens with one attached hydrogen (secondary N) is 1. The maximum atomic E-state index is 12.8. The number of fused-ring (bicyclic) bond motifs is 5. The van der Waals surface area contributed by atoms with Crippen molar-refractivity contribution in [2.45, 2.75) is 12.1 Å². The molecule has 0 bridgehead atoms. The van der Waals surface area contributed by atoms with E-state index in [0.29, 0.717) is 5.56 Å². The number of benzene rings is 3. The Balaban J connectivity index is 1.67. The van der Waals surface area contributed by atoms with Crippen molar-refractivity contribution in [3.05, 3.63) is 71.5 Å². The smallest absolute Gasteiger partial charge is 0.416 e. The lowest BCUT2D eigenvalue weighted by atomic mass is 9.99. The molecule has 5 rings (SSSR count). The molecule has 1 aromatic heterocycles. The first kappa shape index (κ1) is 14.4. The quantitative estimate of drug-likeness (QED) is 0.442. The molecular weight excluding hydrogens is 327 g/mol. The lowest BCUT2D eigenvalue weighted by Crippen LogP contribution is -2.06. The van der Waals surface area contributed by atoms with Crippen LogP contribution in [-0.2, 0) is 0 Å². The van der Waals surface area contributed by atoms with Crippen LogP contribution in [0.4, 0.5) is 13.2 Å². The van der Waals surface area contributed by atoms with Gasteiger partial charge in [0.1, 0.15) is 5.76 Å². The Morgan fingerprint density at radius 3 is 2.40 bits per heavy atom. The second kappa shape index (κ2) is 4.57. The van der Waals surface area contributed by atoms with E-state index >= 15 is 0 Å². The first-order valence-electron chi connectivity index (χ1n) is 7.88. The van der Waals surface area contributed by atoms with Crippen molar-refractivity contribution in [2.24, 2.45) is 0 Å². The normalized spacial score (nSPS) is 17.8. The summed E-state index contributed by atoms with van der Waals surface area (Å²) in [5.41, 5.74) is 1.62. The first-order chi connectivity index (χ1) is 11.9. The van der Waals surface area contributed by atoms with Crippen molar-refractivity contribution in [1.29, 1.82) is 0 Å². The number of rotatable bonds is 1. The number of aliphatic hydroxyl groups excluding tert-OH is 1. The Bertz CT molecular complexity index is 1200. The Labute approximate surface area is 140 Å². The van der Waals surface area contributed by atoms with Crippen molar-refractivity contribution in [1.82, 2.24) is 4.98 Å². The second-order valence-corrected chi connectivity index (χ2v) is 6.37. The van der Waals surface area contributed by atoms with Gasteiger partial charge in [0.05, 0.1) is 17.0 Å². The molecule has 2 N–H and O–H groups in total. The molecule has 2 nitrogen and oxygen atoms in total. The van der Waals surface area contributed by atoms with Gasteiger partial charge in [0, 0.05) is 21.7 Å². The van der Waals surface area contributed by atoms with Crippen LogP contribution in [0, 0.1) is 0 Å². The minimum atomic E-state index is -4.48. The minimum absolute atomic E-state index is 0.466. The molecule has 0 amide bonds. The van der Waals surface area contributed by atoms with Crippen LogP contribution in [0.5, 0.6) is 0 Å². The molecule has 0 aliphatic heterocycles. The number of hydrogen-bond acceptors (Lipinski definition) is 1. The largest absolute Gasteiger partial charge is 0.511 e. The van der Waals surface area contributed by atoms with E-state index in [0.717, 1.165) is 32.6 Å². The van der Waals surface area contributed by atoms with Gasteiger partial charge < -0.3 is 10.1 Å². The fraction of sp³-hybridized carbons (Fsp3) is 0.100. The molecule has 0 saturated heterocycles. The Morgan fingerprint density at radius 2 is 1.64 bits per heavy atom. The predicted molar refractivity (Wildman–Crippen MR) is 91.8 cm³/mol. The van der Waals surface area contributed by atoms with Crippen molar-refractivity contribution >= 4 is 32.6 Å². The lowest BCUT2D eigenvalue weighted by molar-refractivity contribution is -0.0888. The molecule has 124 valence electrons. The third-order valence-corrected chi connectivity index (χ3v) is 4.91. The van der Waals surface area contributed by atoms with E-state index in [-0.39, 0.29) is 0 Å². The zero-order chi connectivity index (χ0) is 17.3. The van der Waals surface area contributed by atoms with Crippen LogP contribution >= 0.6 is 0 Å². The molecule has 1 heterocycles. The molecule has 25 heavy (non-hydrogen) atoms. The number of para-hydroxylation sites is 1. The number of aromatic amines is 1. The number of alkyl halides is 3. The van der Waals surface area contributed by atoms with Crippen LogP contribution in [0.15, 0.2) is 65.9 Å². The summed E-state index contributed by atoms with van der Waals surface area (Å²) in [6.45, 7) is 0. The van der Waals surface area contributed by atoms with Crippen LogP contribution in [0.2, 0.25) is 0 Å². The van der Waals surface area contributed by atoms with Gasteiger partial charge in [-0.25, -0.2) is 0 Å². The molecule has 0 radical (unpaired) electrons. The molecule has 0 spiro atoms. The molecule has 1 atom stereocenters. The Kier molecular flexibility index (Phi) is 2.63. The fourth-order valence-electron chi connectivity index (χ4n) is 3.69. The predicted octanol–water partition coefficient (Wildman–Crippen LogP) is 5.95. The lowest BCUT2D eigenvalue weighted by Gasteiger charge is -2.06. The molecule has 5 heteroatoms. The molecule has 1 aliphatic rings. The van der Waals surface area contributed by atoms with E-state index in [1.54, 1.807) is 12.1 Å². The van der Waals surface area contributed by atoms with Crippen molar-refractivity contribution < 1.29 is 18.3 Å². The third-order valence-electron chi connectivity index (χ3n) is 4.91. The molecular formula is C20H12F3NO. The van der Waals surface area contributed by atoms with Crippen LogP contribution in [0.25, 0.3) is 32.6 Å². The Hall–Kier alpha value is -2.95. The topological polar surface area (TPSA) is 36.0 Å². The van der Waals surface area contributed by atoms with Crippen LogP contribution in [0.1, 0.15) is 11.5 Å². The van der Waals surface area contributed by atoms with E-state index in [1.165, 1.54) is 0 Å². The summed E-state index contributed by atoms with van der Waals surface area (Å²) in [6, 6.07) is 17.1. The summed E-state index contributed by atoms with van der Waals surface area (Å²) < 4.78 is 38.5. The van der Waals surface area contributed by atoms with E-state index in [4.69, 9.17) is 0 Å². The van der Waals surface area contributed by atoms with Crippen LogP contribution in [0.3, 0.4) is 0 Å². The van der Waals surface area contributed by atoms with Gasteiger partial charge in [-0.15, -0.1) is 0 Å². The standard InChI is InChI=1S/C20H12F3NO/c21-20(22,23)17-16(19(17)25)11-6-7-12-10(9-11)5-8-14-13-3-1-2-4-15(13)24-18(12)14/h1-9,16,24-25H. The number of allylic oxidation sites excluding steroid dienone is 2. The molecule has 0 fully saturated rings. The van der Waals surface area contributed by atoms with Gasteiger partial charge in [-0.3, -0.25) is 0 Å². The first-order valence-corrected chi connectivity index (χ1v) is 7.88. The zero-order valence-electron chi connectivity index (χ0n) is 12.9. The maximum absolute atomic E-state index is 12.8. The molecule has 3 aromatic carbocycles. The van der Waals surface area contributed by atoms with Gasteiger partial charge in [0.25, 0.3) is 0 Å². The highest BCUT2D eigenvalue weighted by Gasteiger charge is 2.54. The van der Waals surface area contributed by atoms with Crippen molar-refractivity contribution in [2.75, 3.05) is 0 Å². The molecule has 1 aliphatic carbocycles. The third kappa shape index (κ3) is 1.98. The van der Waals surface area contributed by atoms with E-state index in [1.807, 2.05) is 42.5 Å². The molecule has 1 unspecified atom stereocenters. The van der Waals surface area contributed by atoms with Gasteiger partial charge >= 0.3 is 6.18 Å². The van der Waals surface area contributed by atoms with E-state index < -0.39 is 23.4 Å². The summed E-state index contributed by atoms with van der Waals surface area (Å²) in [4.78, 5) is 3.39. The van der Waals surface area contributed by atoms with Crippen molar-refractivity contribution in [3.63, 3.8) is 0 Å². The maximum Gasteiger partial charge on any atom is 0.416 e. The average molecular weight is 339 g/mol. The summed E-state index contributed by atoms with van der Waals surface area (Å²) in [5, 5.41) is 13.6. The average Bonchev–Trinajstić information content (AvgIpc) is 3.13. The van der Waals surface area contributed by atoms with Gasteiger partial charge in [-0.05, 0) is 17.0 Å². The summed E-state index contributed by atoms with van der Waals surface area (Å²) in [7, 11) is 0. The highest BCUT2D eigenvalue weighted by molar-refractivity contribution is 6.16. The van der Waals surface area contributed by atoms with E-state index in [9.17, 15) is 18.3 Å². The number of halogens is 3. The minimum Gasteiger partial charge on any atom is -0.511 e. The molecule has 4 aromatic rings. The summed E-state index contributed by atoms with van der Waals surface area (Å²) >= 11 is 0. The number of aliphatic hydroxyl groups is 1. The monoisotopic (exact) mass is 339 g/mol. The summed E-state index contributed by atoms with van der Waals surface area (Å²) in [6.07, 6.45) is -4.48. The highest BCUT2D eigenvalue weighted by Crippen LogP contribution is 2.54. The zero-order valence-corrected chi connectivity index (χ0v) is 12.9.